The van der Waals surface area contributed by atoms with Gasteiger partial charge in [-0.2, -0.15) is 11.3 Å². The third-order valence-corrected chi connectivity index (χ3v) is 5.38. The minimum atomic E-state index is 0.144. The SMILES string of the molecule is O=C(c1ccsc1)N1CCCC(Nc2ncnc3c2CCC3)C1. The molecular formula is C17H20N4OS. The average molecular weight is 328 g/mol. The first-order valence-corrected chi connectivity index (χ1v) is 9.16. The monoisotopic (exact) mass is 328 g/mol. The van der Waals surface area contributed by atoms with Gasteiger partial charge < -0.3 is 10.2 Å². The molecular weight excluding hydrogens is 308 g/mol. The first kappa shape index (κ1) is 14.6. The minimum Gasteiger partial charge on any atom is -0.365 e. The van der Waals surface area contributed by atoms with Crippen LogP contribution in [0.5, 0.6) is 0 Å². The maximum atomic E-state index is 12.5. The van der Waals surface area contributed by atoms with E-state index in [1.807, 2.05) is 21.7 Å². The number of hydrogen-bond donors (Lipinski definition) is 1. The lowest BCUT2D eigenvalue weighted by Gasteiger charge is -2.33. The molecule has 2 aromatic heterocycles. The van der Waals surface area contributed by atoms with Crippen LogP contribution in [0, 0.1) is 0 Å². The van der Waals surface area contributed by atoms with Gasteiger partial charge in [-0.05, 0) is 43.6 Å². The van der Waals surface area contributed by atoms with Crippen molar-refractivity contribution in [2.24, 2.45) is 0 Å². The molecule has 1 saturated heterocycles. The third-order valence-electron chi connectivity index (χ3n) is 4.69. The Morgan fingerprint density at radius 1 is 1.30 bits per heavy atom. The van der Waals surface area contributed by atoms with Gasteiger partial charge in [0.15, 0.2) is 0 Å². The van der Waals surface area contributed by atoms with Crippen LogP contribution in [-0.4, -0.2) is 39.9 Å². The molecule has 1 aliphatic heterocycles. The number of amides is 1. The molecule has 1 amide bonds. The molecule has 1 unspecified atom stereocenters. The van der Waals surface area contributed by atoms with E-state index in [0.29, 0.717) is 0 Å². The molecule has 0 aromatic carbocycles. The standard InChI is InChI=1S/C17H20N4OS/c22-17(12-6-8-23-10-12)21-7-2-3-13(9-21)20-16-14-4-1-5-15(14)18-11-19-16/h6,8,10-11,13H,1-5,7,9H2,(H,18,19,20). The highest BCUT2D eigenvalue weighted by Gasteiger charge is 2.26. The number of aryl methyl sites for hydroxylation is 1. The van der Waals surface area contributed by atoms with E-state index in [2.05, 4.69) is 15.3 Å². The van der Waals surface area contributed by atoms with Crippen molar-refractivity contribution in [1.82, 2.24) is 14.9 Å². The molecule has 3 heterocycles. The topological polar surface area (TPSA) is 58.1 Å². The van der Waals surface area contributed by atoms with Crippen molar-refractivity contribution in [2.45, 2.75) is 38.1 Å². The van der Waals surface area contributed by atoms with Crippen LogP contribution >= 0.6 is 11.3 Å². The number of anilines is 1. The molecule has 0 spiro atoms. The van der Waals surface area contributed by atoms with Crippen molar-refractivity contribution >= 4 is 23.1 Å². The van der Waals surface area contributed by atoms with Gasteiger partial charge in [-0.15, -0.1) is 0 Å². The smallest absolute Gasteiger partial charge is 0.254 e. The Kier molecular flexibility index (Phi) is 3.99. The molecule has 0 saturated carbocycles. The fraction of sp³-hybridized carbons (Fsp3) is 0.471. The predicted octanol–water partition coefficient (Wildman–Crippen LogP) is 2.74. The Morgan fingerprint density at radius 2 is 2.26 bits per heavy atom. The Hall–Kier alpha value is -1.95. The van der Waals surface area contributed by atoms with Gasteiger partial charge in [-0.1, -0.05) is 0 Å². The van der Waals surface area contributed by atoms with Crippen LogP contribution in [-0.2, 0) is 12.8 Å². The van der Waals surface area contributed by atoms with Gasteiger partial charge >= 0.3 is 0 Å². The molecule has 2 aromatic rings. The fourth-order valence-corrected chi connectivity index (χ4v) is 4.16. The van der Waals surface area contributed by atoms with Gasteiger partial charge in [0.2, 0.25) is 0 Å². The largest absolute Gasteiger partial charge is 0.365 e. The number of piperidine rings is 1. The number of nitrogens with one attached hydrogen (secondary N) is 1. The first-order chi connectivity index (χ1) is 11.3. The van der Waals surface area contributed by atoms with Crippen molar-refractivity contribution in [3.05, 3.63) is 40.0 Å². The fourth-order valence-electron chi connectivity index (χ4n) is 3.53. The number of nitrogens with zero attached hydrogens (tertiary/aromatic N) is 3. The number of hydrogen-bond acceptors (Lipinski definition) is 5. The zero-order chi connectivity index (χ0) is 15.6. The zero-order valence-electron chi connectivity index (χ0n) is 13.0. The Labute approximate surface area is 139 Å². The summed E-state index contributed by atoms with van der Waals surface area (Å²) < 4.78 is 0. The maximum Gasteiger partial charge on any atom is 0.254 e. The molecule has 0 radical (unpaired) electrons. The highest BCUT2D eigenvalue weighted by Crippen LogP contribution is 2.27. The zero-order valence-corrected chi connectivity index (χ0v) is 13.8. The van der Waals surface area contributed by atoms with E-state index < -0.39 is 0 Å². The Bertz CT molecular complexity index is 701. The quantitative estimate of drug-likeness (QED) is 0.941. The molecule has 6 heteroatoms. The lowest BCUT2D eigenvalue weighted by atomic mass is 10.0. The number of aromatic nitrogens is 2. The lowest BCUT2D eigenvalue weighted by Crippen LogP contribution is -2.45. The number of rotatable bonds is 3. The van der Waals surface area contributed by atoms with E-state index in [1.54, 1.807) is 17.7 Å². The van der Waals surface area contributed by atoms with Gasteiger partial charge in [0.05, 0.1) is 5.56 Å². The number of fused-ring (bicyclic) bond motifs is 1. The van der Waals surface area contributed by atoms with Gasteiger partial charge in [0.25, 0.3) is 5.91 Å². The second-order valence-electron chi connectivity index (χ2n) is 6.25. The summed E-state index contributed by atoms with van der Waals surface area (Å²) in [7, 11) is 0. The van der Waals surface area contributed by atoms with Crippen LogP contribution in [0.1, 0.15) is 40.9 Å². The van der Waals surface area contributed by atoms with Crippen LogP contribution < -0.4 is 5.32 Å². The van der Waals surface area contributed by atoms with Crippen LogP contribution in [0.3, 0.4) is 0 Å². The van der Waals surface area contributed by atoms with Crippen molar-refractivity contribution in [3.8, 4) is 0 Å². The van der Waals surface area contributed by atoms with Gasteiger partial charge in [0.1, 0.15) is 12.1 Å². The summed E-state index contributed by atoms with van der Waals surface area (Å²) in [6, 6.07) is 2.17. The summed E-state index contributed by atoms with van der Waals surface area (Å²) in [4.78, 5) is 23.3. The van der Waals surface area contributed by atoms with Crippen molar-refractivity contribution < 1.29 is 4.79 Å². The molecule has 4 rings (SSSR count). The second kappa shape index (κ2) is 6.28. The lowest BCUT2D eigenvalue weighted by molar-refractivity contribution is 0.0715. The van der Waals surface area contributed by atoms with Crippen LogP contribution in [0.25, 0.3) is 0 Å². The van der Waals surface area contributed by atoms with E-state index >= 15 is 0 Å². The average Bonchev–Trinajstić information content (AvgIpc) is 3.26. The highest BCUT2D eigenvalue weighted by atomic mass is 32.1. The molecule has 5 nitrogen and oxygen atoms in total. The molecule has 1 N–H and O–H groups in total. The molecule has 23 heavy (non-hydrogen) atoms. The number of carbonyl (C=O) groups excluding carboxylic acids is 1. The molecule has 2 aliphatic rings. The van der Waals surface area contributed by atoms with E-state index in [9.17, 15) is 4.79 Å². The van der Waals surface area contributed by atoms with E-state index in [-0.39, 0.29) is 11.9 Å². The van der Waals surface area contributed by atoms with Gasteiger partial charge in [-0.3, -0.25) is 4.79 Å². The van der Waals surface area contributed by atoms with Gasteiger partial charge in [0, 0.05) is 35.8 Å². The minimum absolute atomic E-state index is 0.144. The summed E-state index contributed by atoms with van der Waals surface area (Å²) in [5.41, 5.74) is 3.26. The Morgan fingerprint density at radius 3 is 3.13 bits per heavy atom. The van der Waals surface area contributed by atoms with E-state index in [1.165, 1.54) is 11.3 Å². The predicted molar refractivity (Wildman–Crippen MR) is 90.9 cm³/mol. The Balaban J connectivity index is 1.46. The summed E-state index contributed by atoms with van der Waals surface area (Å²) in [6.45, 7) is 1.59. The van der Waals surface area contributed by atoms with Crippen molar-refractivity contribution in [1.29, 1.82) is 0 Å². The van der Waals surface area contributed by atoms with Gasteiger partial charge in [-0.25, -0.2) is 9.97 Å². The van der Waals surface area contributed by atoms with Crippen LogP contribution in [0.15, 0.2) is 23.2 Å². The normalized spacial score (nSPS) is 20.3. The molecule has 1 atom stereocenters. The van der Waals surface area contributed by atoms with E-state index in [0.717, 1.165) is 56.6 Å². The molecule has 1 fully saturated rings. The summed E-state index contributed by atoms with van der Waals surface area (Å²) in [5.74, 6) is 1.12. The second-order valence-corrected chi connectivity index (χ2v) is 7.03. The summed E-state index contributed by atoms with van der Waals surface area (Å²) >= 11 is 1.57. The van der Waals surface area contributed by atoms with Crippen LogP contribution in [0.2, 0.25) is 0 Å². The summed E-state index contributed by atoms with van der Waals surface area (Å²) in [6.07, 6.45) is 7.04. The maximum absolute atomic E-state index is 12.5. The number of likely N-dealkylation sites (tertiary alicyclic amines) is 1. The highest BCUT2D eigenvalue weighted by molar-refractivity contribution is 7.08. The number of carbonyl (C=O) groups is 1. The van der Waals surface area contributed by atoms with Crippen molar-refractivity contribution in [2.75, 3.05) is 18.4 Å². The number of thiophene rings is 1. The summed E-state index contributed by atoms with van der Waals surface area (Å²) in [5, 5.41) is 7.45. The molecule has 120 valence electrons. The third kappa shape index (κ3) is 2.95. The first-order valence-electron chi connectivity index (χ1n) is 8.22. The van der Waals surface area contributed by atoms with E-state index in [4.69, 9.17) is 0 Å². The van der Waals surface area contributed by atoms with Crippen LogP contribution in [0.4, 0.5) is 5.82 Å². The molecule has 1 aliphatic carbocycles. The molecule has 0 bridgehead atoms. The van der Waals surface area contributed by atoms with Crippen molar-refractivity contribution in [3.63, 3.8) is 0 Å².